The van der Waals surface area contributed by atoms with Gasteiger partial charge in [-0.2, -0.15) is 11.8 Å². The molecule has 0 saturated carbocycles. The van der Waals surface area contributed by atoms with Crippen LogP contribution in [-0.2, 0) is 4.74 Å². The molecule has 0 aromatic heterocycles. The van der Waals surface area contributed by atoms with Crippen molar-refractivity contribution in [3.05, 3.63) is 29.8 Å². The van der Waals surface area contributed by atoms with Crippen LogP contribution >= 0.6 is 11.8 Å². The van der Waals surface area contributed by atoms with Crippen molar-refractivity contribution in [3.63, 3.8) is 0 Å². The lowest BCUT2D eigenvalue weighted by molar-refractivity contribution is 0.145. The summed E-state index contributed by atoms with van der Waals surface area (Å²) in [6.45, 7) is 1.22. The zero-order valence-corrected chi connectivity index (χ0v) is 13.2. The highest BCUT2D eigenvalue weighted by Crippen LogP contribution is 2.37. The van der Waals surface area contributed by atoms with E-state index in [9.17, 15) is 0 Å². The maximum absolute atomic E-state index is 5.88. The van der Waals surface area contributed by atoms with Crippen LogP contribution in [0.3, 0.4) is 0 Å². The van der Waals surface area contributed by atoms with Crippen LogP contribution in [0.4, 0.5) is 0 Å². The molecule has 1 aliphatic rings. The van der Waals surface area contributed by atoms with Gasteiger partial charge in [0.1, 0.15) is 12.4 Å². The average Bonchev–Trinajstić information content (AvgIpc) is 2.51. The molecule has 2 unspecified atom stereocenters. The molecule has 4 heteroatoms. The number of methoxy groups -OCH3 is 1. The molecule has 1 aromatic carbocycles. The first-order valence-corrected chi connectivity index (χ1v) is 8.41. The first-order valence-electron chi connectivity index (χ1n) is 7.36. The number of ether oxygens (including phenoxy) is 2. The van der Waals surface area contributed by atoms with Gasteiger partial charge in [-0.25, -0.2) is 0 Å². The summed E-state index contributed by atoms with van der Waals surface area (Å²) in [5.41, 5.74) is 1.27. The predicted molar refractivity (Wildman–Crippen MR) is 85.7 cm³/mol. The number of nitrogens with one attached hydrogen (secondary N) is 1. The van der Waals surface area contributed by atoms with Gasteiger partial charge in [-0.1, -0.05) is 24.6 Å². The summed E-state index contributed by atoms with van der Waals surface area (Å²) in [5.74, 6) is 2.25. The fraction of sp³-hybridized carbons (Fsp3) is 0.625. The molecule has 1 fully saturated rings. The van der Waals surface area contributed by atoms with Gasteiger partial charge in [0.15, 0.2) is 0 Å². The van der Waals surface area contributed by atoms with Gasteiger partial charge in [0.25, 0.3) is 0 Å². The minimum Gasteiger partial charge on any atom is -0.491 e. The summed E-state index contributed by atoms with van der Waals surface area (Å²) in [5, 5.41) is 4.13. The lowest BCUT2D eigenvalue weighted by Gasteiger charge is -2.31. The topological polar surface area (TPSA) is 30.5 Å². The second-order valence-corrected chi connectivity index (χ2v) is 6.40. The summed E-state index contributed by atoms with van der Waals surface area (Å²) in [6, 6.07) is 8.73. The Morgan fingerprint density at radius 3 is 2.85 bits per heavy atom. The Morgan fingerprint density at radius 1 is 1.30 bits per heavy atom. The zero-order valence-electron chi connectivity index (χ0n) is 12.4. The largest absolute Gasteiger partial charge is 0.491 e. The van der Waals surface area contributed by atoms with Gasteiger partial charge in [0, 0.05) is 24.0 Å². The third-order valence-corrected chi connectivity index (χ3v) is 5.16. The highest BCUT2D eigenvalue weighted by molar-refractivity contribution is 8.00. The molecule has 1 N–H and O–H groups in total. The SMILES string of the molecule is CNC(c1ccccc1OCCOC)C1CCCCS1. The third kappa shape index (κ3) is 4.14. The van der Waals surface area contributed by atoms with Gasteiger partial charge in [-0.15, -0.1) is 0 Å². The molecule has 3 nitrogen and oxygen atoms in total. The Balaban J connectivity index is 2.11. The van der Waals surface area contributed by atoms with Crippen LogP contribution in [0.5, 0.6) is 5.75 Å². The van der Waals surface area contributed by atoms with E-state index in [-0.39, 0.29) is 0 Å². The third-order valence-electron chi connectivity index (χ3n) is 3.70. The van der Waals surface area contributed by atoms with Crippen molar-refractivity contribution >= 4 is 11.8 Å². The average molecular weight is 295 g/mol. The fourth-order valence-corrected chi connectivity index (χ4v) is 4.16. The van der Waals surface area contributed by atoms with Crippen molar-refractivity contribution in [2.24, 2.45) is 0 Å². The van der Waals surface area contributed by atoms with E-state index in [2.05, 4.69) is 35.3 Å². The molecular weight excluding hydrogens is 270 g/mol. The Hall–Kier alpha value is -0.710. The van der Waals surface area contributed by atoms with E-state index in [0.717, 1.165) is 5.75 Å². The van der Waals surface area contributed by atoms with Crippen LogP contribution in [0.15, 0.2) is 24.3 Å². The molecule has 1 heterocycles. The van der Waals surface area contributed by atoms with Gasteiger partial charge in [-0.3, -0.25) is 0 Å². The molecule has 1 saturated heterocycles. The fourth-order valence-electron chi connectivity index (χ4n) is 2.67. The van der Waals surface area contributed by atoms with E-state index >= 15 is 0 Å². The second kappa shape index (κ2) is 8.55. The molecular formula is C16H25NO2S. The van der Waals surface area contributed by atoms with Crippen molar-refractivity contribution in [1.29, 1.82) is 0 Å². The molecule has 20 heavy (non-hydrogen) atoms. The highest BCUT2D eigenvalue weighted by Gasteiger charge is 2.26. The standard InChI is InChI=1S/C16H25NO2S/c1-17-16(15-9-5-6-12-20-15)13-7-3-4-8-14(13)19-11-10-18-2/h3-4,7-8,15-17H,5-6,9-12H2,1-2H3. The molecule has 1 aliphatic heterocycles. The number of hydrogen-bond acceptors (Lipinski definition) is 4. The molecule has 0 amide bonds. The molecule has 0 bridgehead atoms. The quantitative estimate of drug-likeness (QED) is 0.782. The summed E-state index contributed by atoms with van der Waals surface area (Å²) < 4.78 is 10.9. The van der Waals surface area contributed by atoms with Crippen molar-refractivity contribution in [2.75, 3.05) is 33.1 Å². The number of para-hydroxylation sites is 1. The smallest absolute Gasteiger partial charge is 0.124 e. The molecule has 0 radical (unpaired) electrons. The molecule has 112 valence electrons. The number of benzene rings is 1. The highest BCUT2D eigenvalue weighted by atomic mass is 32.2. The maximum Gasteiger partial charge on any atom is 0.124 e. The van der Waals surface area contributed by atoms with E-state index in [1.54, 1.807) is 7.11 Å². The minimum absolute atomic E-state index is 0.360. The van der Waals surface area contributed by atoms with Gasteiger partial charge in [0.2, 0.25) is 0 Å². The number of hydrogen-bond donors (Lipinski definition) is 1. The van der Waals surface area contributed by atoms with E-state index in [1.165, 1.54) is 30.6 Å². The molecule has 2 atom stereocenters. The molecule has 2 rings (SSSR count). The van der Waals surface area contributed by atoms with E-state index in [4.69, 9.17) is 9.47 Å². The number of thioether (sulfide) groups is 1. The van der Waals surface area contributed by atoms with Crippen molar-refractivity contribution in [1.82, 2.24) is 5.32 Å². The maximum atomic E-state index is 5.88. The van der Waals surface area contributed by atoms with Gasteiger partial charge >= 0.3 is 0 Å². The monoisotopic (exact) mass is 295 g/mol. The first kappa shape index (κ1) is 15.7. The Labute approximate surface area is 126 Å². The van der Waals surface area contributed by atoms with Crippen LogP contribution in [0.25, 0.3) is 0 Å². The van der Waals surface area contributed by atoms with E-state index in [0.29, 0.717) is 24.5 Å². The van der Waals surface area contributed by atoms with Crippen molar-refractivity contribution in [3.8, 4) is 5.75 Å². The summed E-state index contributed by atoms with van der Waals surface area (Å²) >= 11 is 2.09. The first-order chi connectivity index (χ1) is 9.86. The van der Waals surface area contributed by atoms with Gasteiger partial charge in [-0.05, 0) is 31.7 Å². The number of rotatable bonds is 7. The summed E-state index contributed by atoms with van der Waals surface area (Å²) in [6.07, 6.45) is 3.97. The van der Waals surface area contributed by atoms with E-state index < -0.39 is 0 Å². The summed E-state index contributed by atoms with van der Waals surface area (Å²) in [7, 11) is 3.75. The Bertz CT molecular complexity index is 394. The molecule has 1 aromatic rings. The van der Waals surface area contributed by atoms with Crippen LogP contribution in [0.2, 0.25) is 0 Å². The Morgan fingerprint density at radius 2 is 2.15 bits per heavy atom. The zero-order chi connectivity index (χ0) is 14.2. The summed E-state index contributed by atoms with van der Waals surface area (Å²) in [4.78, 5) is 0. The van der Waals surface area contributed by atoms with E-state index in [1.807, 2.05) is 13.1 Å². The lowest BCUT2D eigenvalue weighted by Crippen LogP contribution is -2.29. The predicted octanol–water partition coefficient (Wildman–Crippen LogP) is 3.26. The van der Waals surface area contributed by atoms with Gasteiger partial charge < -0.3 is 14.8 Å². The Kier molecular flexibility index (Phi) is 6.70. The molecule has 0 aliphatic carbocycles. The van der Waals surface area contributed by atoms with Crippen LogP contribution in [0, 0.1) is 0 Å². The second-order valence-electron chi connectivity index (χ2n) is 5.05. The van der Waals surface area contributed by atoms with Gasteiger partial charge in [0.05, 0.1) is 6.61 Å². The van der Waals surface area contributed by atoms with Crippen LogP contribution < -0.4 is 10.1 Å². The minimum atomic E-state index is 0.360. The van der Waals surface area contributed by atoms with Crippen LogP contribution in [-0.4, -0.2) is 38.4 Å². The normalized spacial score (nSPS) is 20.6. The van der Waals surface area contributed by atoms with Crippen LogP contribution in [0.1, 0.15) is 30.9 Å². The molecule has 0 spiro atoms. The van der Waals surface area contributed by atoms with Crippen molar-refractivity contribution < 1.29 is 9.47 Å². The van der Waals surface area contributed by atoms with Crippen molar-refractivity contribution in [2.45, 2.75) is 30.6 Å². The lowest BCUT2D eigenvalue weighted by atomic mass is 9.98.